The van der Waals surface area contributed by atoms with Crippen LogP contribution in [-0.2, 0) is 9.59 Å². The highest BCUT2D eigenvalue weighted by Crippen LogP contribution is 2.28. The van der Waals surface area contributed by atoms with Gasteiger partial charge in [0.15, 0.2) is 0 Å². The minimum absolute atomic E-state index is 0. The molecule has 134 valence electrons. The first-order chi connectivity index (χ1) is 11.1. The van der Waals surface area contributed by atoms with E-state index in [1.165, 1.54) is 32.8 Å². The molecule has 0 radical (unpaired) electrons. The number of benzene rings is 1. The molecular weight excluding hydrogens is 330 g/mol. The number of anilines is 2. The van der Waals surface area contributed by atoms with Gasteiger partial charge in [0.1, 0.15) is 5.75 Å². The zero-order valence-electron chi connectivity index (χ0n) is 14.0. The fourth-order valence-corrected chi connectivity index (χ4v) is 2.92. The van der Waals surface area contributed by atoms with Gasteiger partial charge in [0.2, 0.25) is 11.8 Å². The van der Waals surface area contributed by atoms with Gasteiger partial charge in [-0.3, -0.25) is 9.59 Å². The molecule has 24 heavy (non-hydrogen) atoms. The Kier molecular flexibility index (Phi) is 8.40. The lowest BCUT2D eigenvalue weighted by molar-refractivity contribution is -0.124. The third kappa shape index (κ3) is 6.28. The number of methoxy groups -OCH3 is 1. The zero-order chi connectivity index (χ0) is 16.7. The van der Waals surface area contributed by atoms with E-state index >= 15 is 0 Å². The van der Waals surface area contributed by atoms with Gasteiger partial charge in [0.25, 0.3) is 0 Å². The van der Waals surface area contributed by atoms with Crippen molar-refractivity contribution in [3.8, 4) is 5.75 Å². The Morgan fingerprint density at radius 3 is 2.58 bits per heavy atom. The van der Waals surface area contributed by atoms with Crippen molar-refractivity contribution in [2.75, 3.05) is 24.7 Å². The average Bonchev–Trinajstić information content (AvgIpc) is 3.04. The summed E-state index contributed by atoms with van der Waals surface area (Å²) < 4.78 is 5.06. The molecule has 0 unspecified atom stereocenters. The summed E-state index contributed by atoms with van der Waals surface area (Å²) in [4.78, 5) is 23.6. The van der Waals surface area contributed by atoms with Crippen molar-refractivity contribution in [2.24, 2.45) is 5.92 Å². The maximum atomic E-state index is 11.8. The minimum Gasteiger partial charge on any atom is -0.495 e. The Balaban J connectivity index is 0.00000288. The van der Waals surface area contributed by atoms with Crippen LogP contribution in [0.3, 0.4) is 0 Å². The monoisotopic (exact) mass is 355 g/mol. The minimum atomic E-state index is -0.274. The van der Waals surface area contributed by atoms with Crippen LogP contribution in [0.25, 0.3) is 0 Å². The lowest BCUT2D eigenvalue weighted by Gasteiger charge is -2.10. The lowest BCUT2D eigenvalue weighted by atomic mass is 10.0. The fourth-order valence-electron chi connectivity index (χ4n) is 2.92. The normalized spacial score (nSPS) is 13.9. The van der Waals surface area contributed by atoms with E-state index in [4.69, 9.17) is 10.5 Å². The maximum Gasteiger partial charge on any atom is 0.243 e. The molecule has 1 aromatic carbocycles. The van der Waals surface area contributed by atoms with E-state index in [-0.39, 0.29) is 30.8 Å². The van der Waals surface area contributed by atoms with Gasteiger partial charge in [-0.15, -0.1) is 12.4 Å². The first kappa shape index (κ1) is 20.1. The highest BCUT2D eigenvalue weighted by molar-refractivity contribution is 5.95. The molecule has 0 saturated heterocycles. The molecule has 0 bridgehead atoms. The molecule has 0 spiro atoms. The highest BCUT2D eigenvalue weighted by atomic mass is 35.5. The molecule has 2 amide bonds. The standard InChI is InChI=1S/C17H25N3O3.ClH/c1-23-15-8-7-13(10-14(15)18)20-17(22)11-19-16(21)9-6-12-4-2-3-5-12;/h7-8,10,12H,2-6,9,11,18H2,1H3,(H,19,21)(H,20,22);1H. The third-order valence-corrected chi connectivity index (χ3v) is 4.21. The summed E-state index contributed by atoms with van der Waals surface area (Å²) in [7, 11) is 1.53. The quantitative estimate of drug-likeness (QED) is 0.655. The lowest BCUT2D eigenvalue weighted by Crippen LogP contribution is -2.32. The molecule has 4 N–H and O–H groups in total. The summed E-state index contributed by atoms with van der Waals surface area (Å²) in [6.07, 6.45) is 6.43. The van der Waals surface area contributed by atoms with Crippen LogP contribution in [0.15, 0.2) is 18.2 Å². The molecule has 1 aliphatic rings. The van der Waals surface area contributed by atoms with Crippen LogP contribution in [0.4, 0.5) is 11.4 Å². The van der Waals surface area contributed by atoms with Crippen LogP contribution in [0, 0.1) is 5.92 Å². The Labute approximate surface area is 148 Å². The Hall–Kier alpha value is -1.95. The molecule has 0 heterocycles. The summed E-state index contributed by atoms with van der Waals surface area (Å²) in [6.45, 7) is -0.0323. The van der Waals surface area contributed by atoms with Gasteiger partial charge in [0.05, 0.1) is 19.3 Å². The van der Waals surface area contributed by atoms with Gasteiger partial charge in [-0.05, 0) is 30.5 Å². The van der Waals surface area contributed by atoms with Crippen LogP contribution in [0.2, 0.25) is 0 Å². The van der Waals surface area contributed by atoms with E-state index in [1.807, 2.05) is 0 Å². The second kappa shape index (κ2) is 10.0. The predicted molar refractivity (Wildman–Crippen MR) is 97.5 cm³/mol. The van der Waals surface area contributed by atoms with Gasteiger partial charge < -0.3 is 21.1 Å². The molecule has 1 saturated carbocycles. The van der Waals surface area contributed by atoms with Crippen LogP contribution in [0.5, 0.6) is 5.75 Å². The molecule has 1 aromatic rings. The van der Waals surface area contributed by atoms with Gasteiger partial charge >= 0.3 is 0 Å². The number of carbonyl (C=O) groups is 2. The molecule has 6 nitrogen and oxygen atoms in total. The van der Waals surface area contributed by atoms with E-state index in [2.05, 4.69) is 10.6 Å². The van der Waals surface area contributed by atoms with Gasteiger partial charge in [-0.2, -0.15) is 0 Å². The van der Waals surface area contributed by atoms with Crippen LogP contribution in [0.1, 0.15) is 38.5 Å². The van der Waals surface area contributed by atoms with E-state index in [0.29, 0.717) is 29.5 Å². The number of nitrogens with one attached hydrogen (secondary N) is 2. The molecule has 0 atom stereocenters. The van der Waals surface area contributed by atoms with Crippen molar-refractivity contribution < 1.29 is 14.3 Å². The van der Waals surface area contributed by atoms with Crippen molar-refractivity contribution in [3.63, 3.8) is 0 Å². The Morgan fingerprint density at radius 1 is 1.25 bits per heavy atom. The number of nitrogen functional groups attached to an aromatic ring is 1. The predicted octanol–water partition coefficient (Wildman–Crippen LogP) is 2.72. The summed E-state index contributed by atoms with van der Waals surface area (Å²) >= 11 is 0. The number of nitrogens with two attached hydrogens (primary N) is 1. The number of amides is 2. The highest BCUT2D eigenvalue weighted by Gasteiger charge is 2.16. The van der Waals surface area contributed by atoms with Gasteiger partial charge in [0, 0.05) is 12.1 Å². The third-order valence-electron chi connectivity index (χ3n) is 4.21. The van der Waals surface area contributed by atoms with Crippen LogP contribution in [-0.4, -0.2) is 25.5 Å². The van der Waals surface area contributed by atoms with E-state index in [9.17, 15) is 9.59 Å². The average molecular weight is 356 g/mol. The summed E-state index contributed by atoms with van der Waals surface area (Å²) in [5, 5.41) is 5.35. The van der Waals surface area contributed by atoms with Crippen LogP contribution >= 0.6 is 12.4 Å². The molecule has 0 aromatic heterocycles. The van der Waals surface area contributed by atoms with Gasteiger partial charge in [-0.25, -0.2) is 0 Å². The number of halogens is 1. The number of ether oxygens (including phenoxy) is 1. The fraction of sp³-hybridized carbons (Fsp3) is 0.529. The molecule has 2 rings (SSSR count). The summed E-state index contributed by atoms with van der Waals surface area (Å²) in [6, 6.07) is 5.01. The van der Waals surface area contributed by atoms with Gasteiger partial charge in [-0.1, -0.05) is 25.7 Å². The Bertz CT molecular complexity index is 560. The largest absolute Gasteiger partial charge is 0.495 e. The molecule has 0 aliphatic heterocycles. The summed E-state index contributed by atoms with van der Waals surface area (Å²) in [5.41, 5.74) is 6.81. The first-order valence-corrected chi connectivity index (χ1v) is 8.08. The van der Waals surface area contributed by atoms with Crippen molar-refractivity contribution >= 4 is 35.6 Å². The second-order valence-electron chi connectivity index (χ2n) is 5.97. The number of hydrogen-bond donors (Lipinski definition) is 3. The van der Waals surface area contributed by atoms with Crippen molar-refractivity contribution in [1.82, 2.24) is 5.32 Å². The number of rotatable bonds is 7. The van der Waals surface area contributed by atoms with Crippen molar-refractivity contribution in [3.05, 3.63) is 18.2 Å². The molecule has 7 heteroatoms. The van der Waals surface area contributed by atoms with Crippen LogP contribution < -0.4 is 21.1 Å². The topological polar surface area (TPSA) is 93.5 Å². The maximum absolute atomic E-state index is 11.8. The SMILES string of the molecule is COc1ccc(NC(=O)CNC(=O)CCC2CCCC2)cc1N.Cl. The Morgan fingerprint density at radius 2 is 1.96 bits per heavy atom. The van der Waals surface area contributed by atoms with Crippen molar-refractivity contribution in [1.29, 1.82) is 0 Å². The summed E-state index contributed by atoms with van der Waals surface area (Å²) in [5.74, 6) is 0.894. The zero-order valence-corrected chi connectivity index (χ0v) is 14.8. The van der Waals surface area contributed by atoms with E-state index in [0.717, 1.165) is 6.42 Å². The first-order valence-electron chi connectivity index (χ1n) is 8.08. The second-order valence-corrected chi connectivity index (χ2v) is 5.97. The van der Waals surface area contributed by atoms with Crippen molar-refractivity contribution in [2.45, 2.75) is 38.5 Å². The van der Waals surface area contributed by atoms with E-state index < -0.39 is 0 Å². The smallest absolute Gasteiger partial charge is 0.243 e. The molecule has 1 fully saturated rings. The molecule has 1 aliphatic carbocycles. The number of carbonyl (C=O) groups excluding carboxylic acids is 2. The number of hydrogen-bond acceptors (Lipinski definition) is 4. The molecular formula is C17H26ClN3O3. The van der Waals surface area contributed by atoms with E-state index in [1.54, 1.807) is 18.2 Å².